The molecule has 0 bridgehead atoms. The van der Waals surface area contributed by atoms with Crippen molar-refractivity contribution in [2.24, 2.45) is 0 Å². The van der Waals surface area contributed by atoms with Crippen LogP contribution in [0.5, 0.6) is 0 Å². The van der Waals surface area contributed by atoms with Gasteiger partial charge in [0, 0.05) is 25.4 Å². The first kappa shape index (κ1) is 10.5. The second-order valence-corrected chi connectivity index (χ2v) is 3.86. The van der Waals surface area contributed by atoms with Gasteiger partial charge in [-0.25, -0.2) is 4.39 Å². The SMILES string of the molecule is CC1OCCC1NCc1cncc(F)c1. The van der Waals surface area contributed by atoms with Crippen molar-refractivity contribution >= 4 is 0 Å². The number of nitrogens with zero attached hydrogens (tertiary/aromatic N) is 1. The number of rotatable bonds is 3. The summed E-state index contributed by atoms with van der Waals surface area (Å²) in [6, 6.07) is 1.87. The lowest BCUT2D eigenvalue weighted by molar-refractivity contribution is 0.113. The third-order valence-electron chi connectivity index (χ3n) is 2.71. The van der Waals surface area contributed by atoms with Gasteiger partial charge < -0.3 is 10.1 Å². The van der Waals surface area contributed by atoms with Crippen LogP contribution in [0.25, 0.3) is 0 Å². The topological polar surface area (TPSA) is 34.1 Å². The van der Waals surface area contributed by atoms with Crippen molar-refractivity contribution in [3.8, 4) is 0 Å². The van der Waals surface area contributed by atoms with Crippen molar-refractivity contribution in [3.05, 3.63) is 29.8 Å². The predicted octanol–water partition coefficient (Wildman–Crippen LogP) is 1.49. The Morgan fingerprint density at radius 2 is 2.47 bits per heavy atom. The van der Waals surface area contributed by atoms with Crippen LogP contribution in [0, 0.1) is 5.82 Å². The van der Waals surface area contributed by atoms with Crippen LogP contribution in [0.15, 0.2) is 18.5 Å². The van der Waals surface area contributed by atoms with E-state index in [0.717, 1.165) is 18.6 Å². The number of aromatic nitrogens is 1. The summed E-state index contributed by atoms with van der Waals surface area (Å²) in [7, 11) is 0. The molecule has 1 N–H and O–H groups in total. The van der Waals surface area contributed by atoms with E-state index in [0.29, 0.717) is 12.6 Å². The second-order valence-electron chi connectivity index (χ2n) is 3.86. The molecule has 82 valence electrons. The maximum absolute atomic E-state index is 12.8. The van der Waals surface area contributed by atoms with Gasteiger partial charge in [0.2, 0.25) is 0 Å². The zero-order chi connectivity index (χ0) is 10.7. The Balaban J connectivity index is 1.87. The molecule has 2 heterocycles. The molecule has 0 aliphatic carbocycles. The fourth-order valence-corrected chi connectivity index (χ4v) is 1.80. The molecule has 15 heavy (non-hydrogen) atoms. The van der Waals surface area contributed by atoms with Gasteiger partial charge >= 0.3 is 0 Å². The molecule has 0 saturated carbocycles. The molecule has 0 spiro atoms. The normalized spacial score (nSPS) is 25.7. The minimum absolute atomic E-state index is 0.242. The van der Waals surface area contributed by atoms with Crippen LogP contribution < -0.4 is 5.32 Å². The van der Waals surface area contributed by atoms with Crippen LogP contribution in [0.3, 0.4) is 0 Å². The monoisotopic (exact) mass is 210 g/mol. The van der Waals surface area contributed by atoms with Gasteiger partial charge in [-0.15, -0.1) is 0 Å². The molecule has 3 nitrogen and oxygen atoms in total. The fraction of sp³-hybridized carbons (Fsp3) is 0.545. The summed E-state index contributed by atoms with van der Waals surface area (Å²) in [6.07, 6.45) is 4.15. The van der Waals surface area contributed by atoms with E-state index in [9.17, 15) is 4.39 Å². The lowest BCUT2D eigenvalue weighted by atomic mass is 10.1. The Morgan fingerprint density at radius 3 is 3.13 bits per heavy atom. The van der Waals surface area contributed by atoms with E-state index < -0.39 is 0 Å². The van der Waals surface area contributed by atoms with Gasteiger partial charge in [-0.2, -0.15) is 0 Å². The van der Waals surface area contributed by atoms with Crippen LogP contribution in [-0.2, 0) is 11.3 Å². The summed E-state index contributed by atoms with van der Waals surface area (Å²) in [4.78, 5) is 3.80. The van der Waals surface area contributed by atoms with E-state index in [1.54, 1.807) is 6.20 Å². The highest BCUT2D eigenvalue weighted by molar-refractivity contribution is 5.10. The molecular formula is C11H15FN2O. The number of hydrogen-bond acceptors (Lipinski definition) is 3. The summed E-state index contributed by atoms with van der Waals surface area (Å²) in [5.74, 6) is -0.287. The Kier molecular flexibility index (Phi) is 3.28. The highest BCUT2D eigenvalue weighted by Crippen LogP contribution is 2.13. The second kappa shape index (κ2) is 4.68. The molecule has 1 fully saturated rings. The predicted molar refractivity (Wildman–Crippen MR) is 54.9 cm³/mol. The standard InChI is InChI=1S/C11H15FN2O/c1-8-11(2-3-15-8)14-6-9-4-10(12)7-13-5-9/h4-5,7-8,11,14H,2-3,6H2,1H3. The average molecular weight is 210 g/mol. The third kappa shape index (κ3) is 2.73. The number of pyridine rings is 1. The summed E-state index contributed by atoms with van der Waals surface area (Å²) in [5, 5.41) is 3.34. The van der Waals surface area contributed by atoms with Crippen LogP contribution in [0.1, 0.15) is 18.9 Å². The van der Waals surface area contributed by atoms with Gasteiger partial charge in [0.15, 0.2) is 0 Å². The molecule has 2 rings (SSSR count). The lowest BCUT2D eigenvalue weighted by Crippen LogP contribution is -2.34. The number of hydrogen-bond donors (Lipinski definition) is 1. The van der Waals surface area contributed by atoms with Crippen molar-refractivity contribution in [1.29, 1.82) is 0 Å². The molecule has 2 atom stereocenters. The van der Waals surface area contributed by atoms with Crippen molar-refractivity contribution in [3.63, 3.8) is 0 Å². The minimum atomic E-state index is -0.287. The molecule has 1 aliphatic heterocycles. The molecule has 0 aromatic carbocycles. The van der Waals surface area contributed by atoms with Crippen molar-refractivity contribution in [2.45, 2.75) is 32.0 Å². The summed E-state index contributed by atoms with van der Waals surface area (Å²) >= 11 is 0. The lowest BCUT2D eigenvalue weighted by Gasteiger charge is -2.15. The van der Waals surface area contributed by atoms with Crippen LogP contribution in [-0.4, -0.2) is 23.7 Å². The van der Waals surface area contributed by atoms with E-state index in [1.165, 1.54) is 12.3 Å². The van der Waals surface area contributed by atoms with Crippen LogP contribution in [0.2, 0.25) is 0 Å². The maximum Gasteiger partial charge on any atom is 0.141 e. The first-order valence-corrected chi connectivity index (χ1v) is 5.20. The van der Waals surface area contributed by atoms with E-state index >= 15 is 0 Å². The summed E-state index contributed by atoms with van der Waals surface area (Å²) in [6.45, 7) is 3.50. The Hall–Kier alpha value is -1.00. The van der Waals surface area contributed by atoms with E-state index in [-0.39, 0.29) is 11.9 Å². The molecule has 0 amide bonds. The molecule has 4 heteroatoms. The van der Waals surface area contributed by atoms with Crippen LogP contribution in [0.4, 0.5) is 4.39 Å². The molecule has 1 aromatic rings. The van der Waals surface area contributed by atoms with Crippen molar-refractivity contribution in [2.75, 3.05) is 6.61 Å². The number of nitrogens with one attached hydrogen (secondary N) is 1. The van der Waals surface area contributed by atoms with Crippen molar-refractivity contribution < 1.29 is 9.13 Å². The van der Waals surface area contributed by atoms with E-state index in [2.05, 4.69) is 17.2 Å². The largest absolute Gasteiger partial charge is 0.377 e. The smallest absolute Gasteiger partial charge is 0.141 e. The molecule has 2 unspecified atom stereocenters. The van der Waals surface area contributed by atoms with Crippen LogP contribution >= 0.6 is 0 Å². The van der Waals surface area contributed by atoms with Gasteiger partial charge in [-0.3, -0.25) is 4.98 Å². The zero-order valence-corrected chi connectivity index (χ0v) is 8.74. The minimum Gasteiger partial charge on any atom is -0.377 e. The highest BCUT2D eigenvalue weighted by atomic mass is 19.1. The third-order valence-corrected chi connectivity index (χ3v) is 2.71. The summed E-state index contributed by atoms with van der Waals surface area (Å²) < 4.78 is 18.3. The van der Waals surface area contributed by atoms with Gasteiger partial charge in [-0.05, 0) is 25.0 Å². The molecule has 1 aliphatic rings. The van der Waals surface area contributed by atoms with Gasteiger partial charge in [-0.1, -0.05) is 0 Å². The Morgan fingerprint density at radius 1 is 1.60 bits per heavy atom. The first-order chi connectivity index (χ1) is 7.25. The Bertz CT molecular complexity index is 332. The first-order valence-electron chi connectivity index (χ1n) is 5.20. The summed E-state index contributed by atoms with van der Waals surface area (Å²) in [5.41, 5.74) is 0.870. The van der Waals surface area contributed by atoms with Gasteiger partial charge in [0.05, 0.1) is 12.3 Å². The quantitative estimate of drug-likeness (QED) is 0.820. The van der Waals surface area contributed by atoms with Gasteiger partial charge in [0.25, 0.3) is 0 Å². The van der Waals surface area contributed by atoms with Gasteiger partial charge in [0.1, 0.15) is 5.82 Å². The van der Waals surface area contributed by atoms with E-state index in [1.807, 2.05) is 0 Å². The van der Waals surface area contributed by atoms with Crippen molar-refractivity contribution in [1.82, 2.24) is 10.3 Å². The van der Waals surface area contributed by atoms with E-state index in [4.69, 9.17) is 4.74 Å². The number of ether oxygens (including phenoxy) is 1. The highest BCUT2D eigenvalue weighted by Gasteiger charge is 2.23. The average Bonchev–Trinajstić information content (AvgIpc) is 2.61. The molecule has 0 radical (unpaired) electrons. The molecule has 1 aromatic heterocycles. The number of halogens is 1. The fourth-order valence-electron chi connectivity index (χ4n) is 1.80. The molecular weight excluding hydrogens is 195 g/mol. The maximum atomic E-state index is 12.8. The zero-order valence-electron chi connectivity index (χ0n) is 8.74. The molecule has 1 saturated heterocycles. The Labute approximate surface area is 88.7 Å².